The van der Waals surface area contributed by atoms with Gasteiger partial charge >= 0.3 is 0 Å². The number of nitrogens with one attached hydrogen (secondary N) is 2. The number of nitro benzene ring substituents is 1. The third-order valence-electron chi connectivity index (χ3n) is 3.29. The molecule has 0 aliphatic rings. The van der Waals surface area contributed by atoms with E-state index in [9.17, 15) is 19.7 Å². The van der Waals surface area contributed by atoms with E-state index >= 15 is 0 Å². The zero-order chi connectivity index (χ0) is 17.1. The predicted molar refractivity (Wildman–Crippen MR) is 84.9 cm³/mol. The number of H-pyrrole nitrogens is 1. The van der Waals surface area contributed by atoms with Crippen LogP contribution < -0.4 is 11.1 Å². The molecule has 0 atom stereocenters. The number of nitrogens with two attached hydrogens (primary N) is 1. The molecule has 1 aromatic carbocycles. The SMILES string of the molecule is CC(C)C(=O)Nc1[nH]cc(-c2ccc([N+](=O)[O-])cc2)c1C(N)=O. The number of nitrogens with zero attached hydrogens (tertiary/aromatic N) is 1. The fourth-order valence-corrected chi connectivity index (χ4v) is 2.04. The van der Waals surface area contributed by atoms with Gasteiger partial charge in [0.25, 0.3) is 11.6 Å². The summed E-state index contributed by atoms with van der Waals surface area (Å²) in [7, 11) is 0. The largest absolute Gasteiger partial charge is 0.365 e. The number of anilines is 1. The van der Waals surface area contributed by atoms with Crippen LogP contribution in [0.2, 0.25) is 0 Å². The van der Waals surface area contributed by atoms with Crippen LogP contribution in [-0.2, 0) is 4.79 Å². The molecule has 2 aromatic rings. The van der Waals surface area contributed by atoms with Crippen molar-refractivity contribution in [3.05, 3.63) is 46.1 Å². The Morgan fingerprint density at radius 2 is 1.87 bits per heavy atom. The molecule has 0 aliphatic heterocycles. The molecule has 0 unspecified atom stereocenters. The topological polar surface area (TPSA) is 131 Å². The zero-order valence-electron chi connectivity index (χ0n) is 12.6. The lowest BCUT2D eigenvalue weighted by atomic mass is 10.0. The predicted octanol–water partition coefficient (Wildman–Crippen LogP) is 2.28. The highest BCUT2D eigenvalue weighted by molar-refractivity contribution is 6.07. The van der Waals surface area contributed by atoms with E-state index in [0.29, 0.717) is 11.1 Å². The molecule has 1 heterocycles. The van der Waals surface area contributed by atoms with Crippen molar-refractivity contribution < 1.29 is 14.5 Å². The fourth-order valence-electron chi connectivity index (χ4n) is 2.04. The van der Waals surface area contributed by atoms with Gasteiger partial charge in [-0.1, -0.05) is 13.8 Å². The number of hydrogen-bond donors (Lipinski definition) is 3. The molecule has 0 bridgehead atoms. The Labute approximate surface area is 131 Å². The Kier molecular flexibility index (Phi) is 4.44. The average Bonchev–Trinajstić information content (AvgIpc) is 2.91. The number of carbonyl (C=O) groups excluding carboxylic acids is 2. The molecule has 0 fully saturated rings. The van der Waals surface area contributed by atoms with E-state index < -0.39 is 10.8 Å². The molecule has 0 saturated heterocycles. The normalized spacial score (nSPS) is 10.6. The van der Waals surface area contributed by atoms with Crippen molar-refractivity contribution in [3.8, 4) is 11.1 Å². The molecule has 2 rings (SSSR count). The molecule has 0 spiro atoms. The minimum absolute atomic E-state index is 0.0572. The minimum Gasteiger partial charge on any atom is -0.365 e. The summed E-state index contributed by atoms with van der Waals surface area (Å²) >= 11 is 0. The number of benzene rings is 1. The first-order valence-corrected chi connectivity index (χ1v) is 6.88. The molecule has 0 radical (unpaired) electrons. The number of rotatable bonds is 5. The third kappa shape index (κ3) is 3.37. The molecular weight excluding hydrogens is 300 g/mol. The van der Waals surface area contributed by atoms with E-state index in [0.717, 1.165) is 0 Å². The summed E-state index contributed by atoms with van der Waals surface area (Å²) in [6.45, 7) is 3.44. The summed E-state index contributed by atoms with van der Waals surface area (Å²) in [6.07, 6.45) is 1.52. The van der Waals surface area contributed by atoms with E-state index in [2.05, 4.69) is 10.3 Å². The number of primary amides is 1. The number of carbonyl (C=O) groups is 2. The van der Waals surface area contributed by atoms with Gasteiger partial charge < -0.3 is 16.0 Å². The number of non-ortho nitro benzene ring substituents is 1. The van der Waals surface area contributed by atoms with Gasteiger partial charge in [-0.3, -0.25) is 19.7 Å². The quantitative estimate of drug-likeness (QED) is 0.576. The van der Waals surface area contributed by atoms with Crippen molar-refractivity contribution in [1.82, 2.24) is 4.98 Å². The summed E-state index contributed by atoms with van der Waals surface area (Å²) in [5.74, 6) is -1.02. The second-order valence-electron chi connectivity index (χ2n) is 5.26. The van der Waals surface area contributed by atoms with Crippen molar-refractivity contribution in [2.75, 3.05) is 5.32 Å². The number of hydrogen-bond acceptors (Lipinski definition) is 4. The maximum absolute atomic E-state index is 11.8. The lowest BCUT2D eigenvalue weighted by Crippen LogP contribution is -2.21. The molecular formula is C15H16N4O4. The van der Waals surface area contributed by atoms with Crippen LogP contribution in [0.3, 0.4) is 0 Å². The van der Waals surface area contributed by atoms with Gasteiger partial charge in [0.15, 0.2) is 0 Å². The third-order valence-corrected chi connectivity index (χ3v) is 3.29. The first-order valence-electron chi connectivity index (χ1n) is 6.88. The summed E-state index contributed by atoms with van der Waals surface area (Å²) in [5, 5.41) is 13.3. The summed E-state index contributed by atoms with van der Waals surface area (Å²) in [5.41, 5.74) is 6.52. The van der Waals surface area contributed by atoms with Gasteiger partial charge in [0.05, 0.1) is 10.5 Å². The molecule has 8 nitrogen and oxygen atoms in total. The summed E-state index contributed by atoms with van der Waals surface area (Å²) in [6, 6.07) is 5.70. The fraction of sp³-hybridized carbons (Fsp3) is 0.200. The maximum atomic E-state index is 11.8. The first-order chi connectivity index (χ1) is 10.8. The van der Waals surface area contributed by atoms with Gasteiger partial charge in [-0.15, -0.1) is 0 Å². The Morgan fingerprint density at radius 1 is 1.26 bits per heavy atom. The highest BCUT2D eigenvalue weighted by atomic mass is 16.6. The average molecular weight is 316 g/mol. The van der Waals surface area contributed by atoms with Gasteiger partial charge in [-0.2, -0.15) is 0 Å². The Morgan fingerprint density at radius 3 is 2.35 bits per heavy atom. The van der Waals surface area contributed by atoms with Crippen molar-refractivity contribution >= 4 is 23.3 Å². The van der Waals surface area contributed by atoms with Crippen LogP contribution in [0.15, 0.2) is 30.5 Å². The van der Waals surface area contributed by atoms with Crippen molar-refractivity contribution in [3.63, 3.8) is 0 Å². The standard InChI is InChI=1S/C15H16N4O4/c1-8(2)15(21)18-14-12(13(16)20)11(7-17-14)9-3-5-10(6-4-9)19(22)23/h3-8,17H,1-2H3,(H2,16,20)(H,18,21). The van der Waals surface area contributed by atoms with E-state index in [4.69, 9.17) is 5.73 Å². The zero-order valence-corrected chi connectivity index (χ0v) is 12.6. The molecule has 4 N–H and O–H groups in total. The molecule has 23 heavy (non-hydrogen) atoms. The molecule has 2 amide bonds. The first kappa shape index (κ1) is 16.2. The number of aromatic amines is 1. The number of amides is 2. The van der Waals surface area contributed by atoms with Crippen LogP contribution in [0.1, 0.15) is 24.2 Å². The summed E-state index contributed by atoms with van der Waals surface area (Å²) in [4.78, 5) is 36.5. The lowest BCUT2D eigenvalue weighted by molar-refractivity contribution is -0.384. The van der Waals surface area contributed by atoms with E-state index in [1.165, 1.54) is 30.5 Å². The minimum atomic E-state index is -0.710. The Balaban J connectivity index is 2.43. The Bertz CT molecular complexity index is 762. The molecule has 1 aromatic heterocycles. The van der Waals surface area contributed by atoms with Gasteiger partial charge in [0, 0.05) is 29.8 Å². The van der Waals surface area contributed by atoms with E-state index in [-0.39, 0.29) is 28.9 Å². The van der Waals surface area contributed by atoms with Crippen molar-refractivity contribution in [2.45, 2.75) is 13.8 Å². The van der Waals surface area contributed by atoms with Gasteiger partial charge in [-0.25, -0.2) is 0 Å². The molecule has 0 saturated carbocycles. The van der Waals surface area contributed by atoms with Crippen LogP contribution in [0.4, 0.5) is 11.5 Å². The van der Waals surface area contributed by atoms with Crippen LogP contribution in [0, 0.1) is 16.0 Å². The van der Waals surface area contributed by atoms with Crippen LogP contribution in [0.5, 0.6) is 0 Å². The van der Waals surface area contributed by atoms with Gasteiger partial charge in [-0.05, 0) is 17.7 Å². The van der Waals surface area contributed by atoms with Crippen LogP contribution >= 0.6 is 0 Å². The lowest BCUT2D eigenvalue weighted by Gasteiger charge is -2.08. The number of aromatic nitrogens is 1. The smallest absolute Gasteiger partial charge is 0.269 e. The molecule has 120 valence electrons. The molecule has 8 heteroatoms. The second-order valence-corrected chi connectivity index (χ2v) is 5.26. The van der Waals surface area contributed by atoms with E-state index in [1.54, 1.807) is 13.8 Å². The second kappa shape index (κ2) is 6.30. The number of nitro groups is 1. The van der Waals surface area contributed by atoms with E-state index in [1.807, 2.05) is 0 Å². The van der Waals surface area contributed by atoms with Crippen molar-refractivity contribution in [1.29, 1.82) is 0 Å². The monoisotopic (exact) mass is 316 g/mol. The highest BCUT2D eigenvalue weighted by Crippen LogP contribution is 2.30. The maximum Gasteiger partial charge on any atom is 0.269 e. The molecule has 0 aliphatic carbocycles. The van der Waals surface area contributed by atoms with Crippen LogP contribution in [-0.4, -0.2) is 21.7 Å². The Hall–Kier alpha value is -3.16. The van der Waals surface area contributed by atoms with Gasteiger partial charge in [0.1, 0.15) is 5.82 Å². The van der Waals surface area contributed by atoms with Crippen molar-refractivity contribution in [2.24, 2.45) is 11.7 Å². The summed E-state index contributed by atoms with van der Waals surface area (Å²) < 4.78 is 0. The van der Waals surface area contributed by atoms with Crippen LogP contribution in [0.25, 0.3) is 11.1 Å². The highest BCUT2D eigenvalue weighted by Gasteiger charge is 2.20. The van der Waals surface area contributed by atoms with Gasteiger partial charge in [0.2, 0.25) is 5.91 Å².